The van der Waals surface area contributed by atoms with Gasteiger partial charge in [0.05, 0.1) is 12.8 Å². The van der Waals surface area contributed by atoms with E-state index in [2.05, 4.69) is 10.1 Å². The van der Waals surface area contributed by atoms with Gasteiger partial charge >= 0.3 is 14.9 Å². The first-order valence-corrected chi connectivity index (χ1v) is 9.61. The number of hydrogen-bond acceptors (Lipinski definition) is 9. The van der Waals surface area contributed by atoms with Gasteiger partial charge in [0.15, 0.2) is 6.61 Å². The van der Waals surface area contributed by atoms with Gasteiger partial charge in [-0.2, -0.15) is 0 Å². The number of aliphatic hydroxyl groups excluding tert-OH is 3. The molecule has 142 valence electrons. The van der Waals surface area contributed by atoms with Crippen molar-refractivity contribution in [1.29, 1.82) is 0 Å². The lowest BCUT2D eigenvalue weighted by Crippen LogP contribution is -2.55. The molecule has 0 radical (unpaired) electrons. The number of ether oxygens (including phenoxy) is 1. The van der Waals surface area contributed by atoms with Crippen LogP contribution in [0.5, 0.6) is 0 Å². The van der Waals surface area contributed by atoms with Crippen LogP contribution in [0.3, 0.4) is 0 Å². The molecular formula is C13H27NO9Si. The molecule has 1 amide bonds. The topological polar surface area (TPSA) is 144 Å². The summed E-state index contributed by atoms with van der Waals surface area (Å²) in [5, 5.41) is 29.5. The molecule has 0 spiro atoms. The molecule has 11 heteroatoms. The molecule has 0 saturated carbocycles. The summed E-state index contributed by atoms with van der Waals surface area (Å²) in [7, 11) is -3.08. The number of ketones is 1. The lowest BCUT2D eigenvalue weighted by atomic mass is 10.1. The number of alkyl carbamates (subject to hydrolysis) is 1. The van der Waals surface area contributed by atoms with Crippen molar-refractivity contribution < 1.29 is 42.9 Å². The molecule has 0 bridgehead atoms. The van der Waals surface area contributed by atoms with Crippen molar-refractivity contribution in [3.63, 3.8) is 0 Å². The number of carbonyl (C=O) groups is 2. The highest BCUT2D eigenvalue weighted by Gasteiger charge is 2.41. The number of aliphatic hydroxyl groups is 3. The molecule has 0 aliphatic heterocycles. The van der Waals surface area contributed by atoms with E-state index in [-0.39, 0.29) is 6.17 Å². The Balaban J connectivity index is 4.45. The molecular weight excluding hydrogens is 342 g/mol. The maximum absolute atomic E-state index is 11.6. The third-order valence-electron chi connectivity index (χ3n) is 2.77. The third-order valence-corrected chi connectivity index (χ3v) is 5.56. The lowest BCUT2D eigenvalue weighted by Gasteiger charge is -2.28. The molecule has 2 unspecified atom stereocenters. The third kappa shape index (κ3) is 8.15. The highest BCUT2D eigenvalue weighted by molar-refractivity contribution is 6.61. The highest BCUT2D eigenvalue weighted by atomic mass is 28.4. The standard InChI is InChI=1S/C13H27NO9Si/c1-4-21-24(22-5-2,23-6-3)9-14-13(19)20-8-11(17)12(18)10(16)7-15/h10,12,15-16,18H,4-9H2,1-3H3,(H,14,19). The number of rotatable bonds is 13. The molecule has 0 aromatic carbocycles. The van der Waals surface area contributed by atoms with E-state index < -0.39 is 46.1 Å². The van der Waals surface area contributed by atoms with Crippen molar-refractivity contribution in [3.05, 3.63) is 0 Å². The van der Waals surface area contributed by atoms with Crippen LogP contribution < -0.4 is 5.32 Å². The van der Waals surface area contributed by atoms with Crippen LogP contribution in [0.2, 0.25) is 0 Å². The SMILES string of the molecule is CCO[Si](CNC(=O)OCC(=O)C(O)C(O)CO)(OCC)OCC. The Labute approximate surface area is 142 Å². The summed E-state index contributed by atoms with van der Waals surface area (Å²) in [4.78, 5) is 23.1. The van der Waals surface area contributed by atoms with Gasteiger partial charge in [0.2, 0.25) is 5.78 Å². The Kier molecular flexibility index (Phi) is 11.7. The van der Waals surface area contributed by atoms with Crippen molar-refractivity contribution >= 4 is 20.7 Å². The van der Waals surface area contributed by atoms with Crippen LogP contribution in [0.25, 0.3) is 0 Å². The normalized spacial score (nSPS) is 14.1. The van der Waals surface area contributed by atoms with E-state index in [0.29, 0.717) is 19.8 Å². The summed E-state index contributed by atoms with van der Waals surface area (Å²) >= 11 is 0. The van der Waals surface area contributed by atoms with Crippen molar-refractivity contribution in [2.45, 2.75) is 33.0 Å². The smallest absolute Gasteiger partial charge is 0.441 e. The zero-order valence-electron chi connectivity index (χ0n) is 14.2. The Hall–Kier alpha value is -1.08. The second-order valence-electron chi connectivity index (χ2n) is 4.57. The summed E-state index contributed by atoms with van der Waals surface area (Å²) in [5.74, 6) is -0.936. The largest absolute Gasteiger partial charge is 0.521 e. The van der Waals surface area contributed by atoms with Crippen molar-refractivity contribution in [1.82, 2.24) is 5.32 Å². The van der Waals surface area contributed by atoms with Gasteiger partial charge in [-0.1, -0.05) is 0 Å². The molecule has 0 aliphatic rings. The molecule has 0 aliphatic carbocycles. The van der Waals surface area contributed by atoms with E-state index in [1.807, 2.05) is 0 Å². The van der Waals surface area contributed by atoms with E-state index in [0.717, 1.165) is 0 Å². The molecule has 0 fully saturated rings. The van der Waals surface area contributed by atoms with Crippen LogP contribution >= 0.6 is 0 Å². The zero-order valence-corrected chi connectivity index (χ0v) is 15.2. The Morgan fingerprint density at radius 2 is 1.54 bits per heavy atom. The van der Waals surface area contributed by atoms with Crippen LogP contribution in [0.15, 0.2) is 0 Å². The van der Waals surface area contributed by atoms with E-state index in [1.54, 1.807) is 20.8 Å². The van der Waals surface area contributed by atoms with Gasteiger partial charge in [-0.15, -0.1) is 0 Å². The number of Topliss-reactive ketones (excluding diaryl/α,β-unsaturated/α-hetero) is 1. The van der Waals surface area contributed by atoms with E-state index in [9.17, 15) is 14.7 Å². The Bertz CT molecular complexity index is 365. The summed E-state index contributed by atoms with van der Waals surface area (Å²) < 4.78 is 21.2. The minimum absolute atomic E-state index is 0.0443. The summed E-state index contributed by atoms with van der Waals surface area (Å²) in [6, 6.07) is 0. The minimum Gasteiger partial charge on any atom is -0.441 e. The van der Waals surface area contributed by atoms with Gasteiger partial charge in [0, 0.05) is 19.8 Å². The summed E-state index contributed by atoms with van der Waals surface area (Å²) in [6.07, 6.45) is -4.42. The van der Waals surface area contributed by atoms with Crippen molar-refractivity contribution in [2.24, 2.45) is 0 Å². The molecule has 0 aromatic rings. The molecule has 0 heterocycles. The van der Waals surface area contributed by atoms with Gasteiger partial charge in [0.1, 0.15) is 12.2 Å². The Morgan fingerprint density at radius 3 is 1.96 bits per heavy atom. The number of carbonyl (C=O) groups excluding carboxylic acids is 2. The predicted octanol–water partition coefficient (Wildman–Crippen LogP) is -1.42. The minimum atomic E-state index is -3.08. The van der Waals surface area contributed by atoms with Gasteiger partial charge < -0.3 is 38.7 Å². The van der Waals surface area contributed by atoms with Crippen molar-refractivity contribution in [2.75, 3.05) is 39.2 Å². The molecule has 0 rings (SSSR count). The first kappa shape index (κ1) is 22.9. The first-order valence-electron chi connectivity index (χ1n) is 7.67. The van der Waals surface area contributed by atoms with Gasteiger partial charge in [-0.25, -0.2) is 4.79 Å². The maximum atomic E-state index is 11.6. The fraction of sp³-hybridized carbons (Fsp3) is 0.846. The maximum Gasteiger partial charge on any atom is 0.521 e. The van der Waals surface area contributed by atoms with Crippen LogP contribution in [-0.2, 0) is 22.8 Å². The fourth-order valence-electron chi connectivity index (χ4n) is 1.71. The second kappa shape index (κ2) is 12.3. The van der Waals surface area contributed by atoms with Gasteiger partial charge in [-0.3, -0.25) is 4.79 Å². The second-order valence-corrected chi connectivity index (χ2v) is 7.16. The monoisotopic (exact) mass is 369 g/mol. The zero-order chi connectivity index (χ0) is 18.6. The van der Waals surface area contributed by atoms with Crippen molar-refractivity contribution in [3.8, 4) is 0 Å². The van der Waals surface area contributed by atoms with E-state index in [1.165, 1.54) is 0 Å². The first-order chi connectivity index (χ1) is 11.4. The highest BCUT2D eigenvalue weighted by Crippen LogP contribution is 2.09. The Morgan fingerprint density at radius 1 is 1.04 bits per heavy atom. The number of amides is 1. The summed E-state index contributed by atoms with van der Waals surface area (Å²) in [5.41, 5.74) is 0. The predicted molar refractivity (Wildman–Crippen MR) is 84.1 cm³/mol. The molecule has 10 nitrogen and oxygen atoms in total. The van der Waals surface area contributed by atoms with Crippen LogP contribution in [0, 0.1) is 0 Å². The number of nitrogens with one attached hydrogen (secondary N) is 1. The van der Waals surface area contributed by atoms with Crippen LogP contribution in [0.4, 0.5) is 4.79 Å². The average Bonchev–Trinajstić information content (AvgIpc) is 2.57. The lowest BCUT2D eigenvalue weighted by molar-refractivity contribution is -0.137. The van der Waals surface area contributed by atoms with E-state index in [4.69, 9.17) is 23.5 Å². The average molecular weight is 369 g/mol. The molecule has 2 atom stereocenters. The fourth-order valence-corrected chi connectivity index (χ4v) is 3.94. The molecule has 0 aromatic heterocycles. The van der Waals surface area contributed by atoms with Crippen LogP contribution in [-0.4, -0.2) is 87.4 Å². The number of hydrogen-bond donors (Lipinski definition) is 4. The molecule has 24 heavy (non-hydrogen) atoms. The van der Waals surface area contributed by atoms with E-state index >= 15 is 0 Å². The quantitative estimate of drug-likeness (QED) is 0.288. The summed E-state index contributed by atoms with van der Waals surface area (Å²) in [6.45, 7) is 4.78. The van der Waals surface area contributed by atoms with Gasteiger partial charge in [0.25, 0.3) is 0 Å². The van der Waals surface area contributed by atoms with Crippen LogP contribution in [0.1, 0.15) is 20.8 Å². The molecule has 4 N–H and O–H groups in total. The van der Waals surface area contributed by atoms with Gasteiger partial charge in [-0.05, 0) is 20.8 Å². The molecule has 0 saturated heterocycles.